The smallest absolute Gasteiger partial charge is 0.193 e. The van der Waals surface area contributed by atoms with E-state index >= 15 is 0 Å². The summed E-state index contributed by atoms with van der Waals surface area (Å²) in [5, 5.41) is 3.24. The molecule has 0 atom stereocenters. The van der Waals surface area contributed by atoms with Gasteiger partial charge in [0, 0.05) is 26.6 Å². The van der Waals surface area contributed by atoms with Crippen LogP contribution >= 0.6 is 0 Å². The van der Waals surface area contributed by atoms with Crippen molar-refractivity contribution in [2.45, 2.75) is 13.3 Å². The number of rotatable bonds is 8. The fourth-order valence-electron chi connectivity index (χ4n) is 2.16. The van der Waals surface area contributed by atoms with Crippen LogP contribution < -0.4 is 10.1 Å². The summed E-state index contributed by atoms with van der Waals surface area (Å²) in [5.41, 5.74) is 0. The number of hydrogen-bond donors (Lipinski definition) is 1. The summed E-state index contributed by atoms with van der Waals surface area (Å²) >= 11 is 0. The number of para-hydroxylation sites is 1. The molecule has 0 amide bonds. The number of nitrogens with one attached hydrogen (secondary N) is 1. The Hall–Kier alpha value is -2.50. The van der Waals surface area contributed by atoms with Crippen molar-refractivity contribution >= 4 is 5.96 Å². The molecular weight excluding hydrogens is 309 g/mol. The van der Waals surface area contributed by atoms with Gasteiger partial charge in [-0.2, -0.15) is 0 Å². The Kier molecular flexibility index (Phi) is 7.14. The highest BCUT2D eigenvalue weighted by Crippen LogP contribution is 2.14. The summed E-state index contributed by atoms with van der Waals surface area (Å²) < 4.78 is 24.3. The molecule has 1 aromatic heterocycles. The van der Waals surface area contributed by atoms with Crippen molar-refractivity contribution in [3.8, 4) is 5.75 Å². The molecule has 1 aromatic carbocycles. The molecule has 0 aliphatic heterocycles. The third kappa shape index (κ3) is 5.61. The van der Waals surface area contributed by atoms with Gasteiger partial charge in [0.1, 0.15) is 12.4 Å². The maximum atomic E-state index is 13.5. The number of likely N-dealkylation sites (N-methyl/N-ethyl adjacent to an activating group) is 1. The molecule has 0 saturated carbocycles. The molecule has 1 heterocycles. The molecule has 0 spiro atoms. The van der Waals surface area contributed by atoms with Gasteiger partial charge in [-0.3, -0.25) is 4.99 Å². The maximum absolute atomic E-state index is 13.5. The predicted octanol–water partition coefficient (Wildman–Crippen LogP) is 2.94. The molecule has 5 nitrogen and oxygen atoms in total. The quantitative estimate of drug-likeness (QED) is 0.596. The van der Waals surface area contributed by atoms with Crippen LogP contribution in [0.5, 0.6) is 5.75 Å². The van der Waals surface area contributed by atoms with Gasteiger partial charge in [0.15, 0.2) is 17.5 Å². The molecule has 2 aromatic rings. The van der Waals surface area contributed by atoms with Crippen molar-refractivity contribution in [2.24, 2.45) is 4.99 Å². The monoisotopic (exact) mass is 333 g/mol. The molecule has 0 aliphatic carbocycles. The Morgan fingerprint density at radius 2 is 2.12 bits per heavy atom. The third-order valence-electron chi connectivity index (χ3n) is 3.42. The van der Waals surface area contributed by atoms with Gasteiger partial charge < -0.3 is 19.4 Å². The van der Waals surface area contributed by atoms with E-state index < -0.39 is 0 Å². The molecule has 24 heavy (non-hydrogen) atoms. The summed E-state index contributed by atoms with van der Waals surface area (Å²) in [6.45, 7) is 4.40. The van der Waals surface area contributed by atoms with Gasteiger partial charge in [0.25, 0.3) is 0 Å². The molecule has 0 fully saturated rings. The van der Waals surface area contributed by atoms with Crippen LogP contribution in [0, 0.1) is 5.82 Å². The van der Waals surface area contributed by atoms with Crippen molar-refractivity contribution in [2.75, 3.05) is 33.3 Å². The van der Waals surface area contributed by atoms with Crippen molar-refractivity contribution < 1.29 is 13.5 Å². The lowest BCUT2D eigenvalue weighted by molar-refractivity contribution is 0.270. The number of furan rings is 1. The zero-order chi connectivity index (χ0) is 17.2. The first-order valence-electron chi connectivity index (χ1n) is 8.10. The van der Waals surface area contributed by atoms with E-state index in [4.69, 9.17) is 9.15 Å². The maximum Gasteiger partial charge on any atom is 0.193 e. The number of hydrogen-bond acceptors (Lipinski definition) is 3. The third-order valence-corrected chi connectivity index (χ3v) is 3.42. The lowest BCUT2D eigenvalue weighted by Gasteiger charge is -2.22. The lowest BCUT2D eigenvalue weighted by atomic mass is 10.3. The number of aliphatic imine (C=N–C) groups is 1. The van der Waals surface area contributed by atoms with E-state index in [9.17, 15) is 4.39 Å². The fourth-order valence-corrected chi connectivity index (χ4v) is 2.16. The van der Waals surface area contributed by atoms with Gasteiger partial charge in [0.05, 0.1) is 12.8 Å². The Bertz CT molecular complexity index is 629. The average Bonchev–Trinajstić information content (AvgIpc) is 3.09. The summed E-state index contributed by atoms with van der Waals surface area (Å²) in [6.07, 6.45) is 2.41. The van der Waals surface area contributed by atoms with Crippen LogP contribution in [0.25, 0.3) is 0 Å². The highest BCUT2D eigenvalue weighted by molar-refractivity contribution is 5.79. The van der Waals surface area contributed by atoms with Crippen molar-refractivity contribution in [1.29, 1.82) is 0 Å². The zero-order valence-electron chi connectivity index (χ0n) is 14.2. The second kappa shape index (κ2) is 9.60. The molecular formula is C18H24FN3O2. The Labute approximate surface area is 142 Å². The molecule has 0 aliphatic rings. The van der Waals surface area contributed by atoms with E-state index in [1.807, 2.05) is 31.0 Å². The SMILES string of the molecule is CCNC(=NCCc1ccco1)N(C)CCOc1ccccc1F. The van der Waals surface area contributed by atoms with E-state index in [0.29, 0.717) is 19.7 Å². The van der Waals surface area contributed by atoms with Gasteiger partial charge in [-0.15, -0.1) is 0 Å². The van der Waals surface area contributed by atoms with Gasteiger partial charge >= 0.3 is 0 Å². The van der Waals surface area contributed by atoms with Crippen molar-refractivity contribution in [3.63, 3.8) is 0 Å². The molecule has 6 heteroatoms. The minimum Gasteiger partial charge on any atom is -0.489 e. The van der Waals surface area contributed by atoms with Crippen molar-refractivity contribution in [1.82, 2.24) is 10.2 Å². The highest BCUT2D eigenvalue weighted by atomic mass is 19.1. The zero-order valence-corrected chi connectivity index (χ0v) is 14.2. The second-order valence-electron chi connectivity index (χ2n) is 5.27. The van der Waals surface area contributed by atoms with Crippen LogP contribution in [0.2, 0.25) is 0 Å². The van der Waals surface area contributed by atoms with E-state index in [-0.39, 0.29) is 11.6 Å². The molecule has 130 valence electrons. The Morgan fingerprint density at radius 1 is 1.29 bits per heavy atom. The van der Waals surface area contributed by atoms with E-state index in [0.717, 1.165) is 24.7 Å². The van der Waals surface area contributed by atoms with Crippen LogP contribution in [0.4, 0.5) is 4.39 Å². The predicted molar refractivity (Wildman–Crippen MR) is 92.9 cm³/mol. The summed E-state index contributed by atoms with van der Waals surface area (Å²) in [5.74, 6) is 1.63. The van der Waals surface area contributed by atoms with E-state index in [1.165, 1.54) is 6.07 Å². The molecule has 0 bridgehead atoms. The highest BCUT2D eigenvalue weighted by Gasteiger charge is 2.07. The number of halogens is 1. The summed E-state index contributed by atoms with van der Waals surface area (Å²) in [6, 6.07) is 10.2. The number of benzene rings is 1. The van der Waals surface area contributed by atoms with Crippen LogP contribution in [-0.2, 0) is 6.42 Å². The first kappa shape index (κ1) is 17.8. The lowest BCUT2D eigenvalue weighted by Crippen LogP contribution is -2.41. The number of nitrogens with zero attached hydrogens (tertiary/aromatic N) is 2. The standard InChI is InChI=1S/C18H24FN3O2/c1-3-20-18(21-11-10-15-7-6-13-23-15)22(2)12-14-24-17-9-5-4-8-16(17)19/h4-9,13H,3,10-12,14H2,1-2H3,(H,20,21). The van der Waals surface area contributed by atoms with Gasteiger partial charge in [-0.25, -0.2) is 4.39 Å². The van der Waals surface area contributed by atoms with E-state index in [2.05, 4.69) is 10.3 Å². The van der Waals surface area contributed by atoms with Crippen LogP contribution in [-0.4, -0.2) is 44.1 Å². The van der Waals surface area contributed by atoms with Gasteiger partial charge in [-0.05, 0) is 31.2 Å². The molecule has 0 saturated heterocycles. The molecule has 0 unspecified atom stereocenters. The summed E-state index contributed by atoms with van der Waals surface area (Å²) in [4.78, 5) is 6.54. The average molecular weight is 333 g/mol. The normalized spacial score (nSPS) is 11.4. The minimum atomic E-state index is -0.348. The van der Waals surface area contributed by atoms with Crippen LogP contribution in [0.15, 0.2) is 52.1 Å². The molecule has 1 N–H and O–H groups in total. The Balaban J connectivity index is 1.81. The molecule has 2 rings (SSSR count). The summed E-state index contributed by atoms with van der Waals surface area (Å²) in [7, 11) is 1.93. The molecule has 0 radical (unpaired) electrons. The fraction of sp³-hybridized carbons (Fsp3) is 0.389. The Morgan fingerprint density at radius 3 is 2.83 bits per heavy atom. The first-order valence-corrected chi connectivity index (χ1v) is 8.10. The second-order valence-corrected chi connectivity index (χ2v) is 5.27. The first-order chi connectivity index (χ1) is 11.7. The van der Waals surface area contributed by atoms with Gasteiger partial charge in [-0.1, -0.05) is 12.1 Å². The largest absolute Gasteiger partial charge is 0.489 e. The minimum absolute atomic E-state index is 0.269. The number of guanidine groups is 1. The van der Waals surface area contributed by atoms with Gasteiger partial charge in [0.2, 0.25) is 0 Å². The van der Waals surface area contributed by atoms with Crippen LogP contribution in [0.1, 0.15) is 12.7 Å². The number of ether oxygens (including phenoxy) is 1. The van der Waals surface area contributed by atoms with E-state index in [1.54, 1.807) is 24.5 Å². The topological polar surface area (TPSA) is 50.0 Å². The van der Waals surface area contributed by atoms with Crippen LogP contribution in [0.3, 0.4) is 0 Å². The van der Waals surface area contributed by atoms with Crippen molar-refractivity contribution in [3.05, 3.63) is 54.2 Å².